The molecule has 0 spiro atoms. The Morgan fingerprint density at radius 3 is 2.31 bits per heavy atom. The minimum Gasteiger partial charge on any atom is -0.387 e. The first-order valence-electron chi connectivity index (χ1n) is 4.53. The van der Waals surface area contributed by atoms with Gasteiger partial charge in [-0.05, 0) is 18.9 Å². The van der Waals surface area contributed by atoms with Crippen molar-refractivity contribution in [2.45, 2.75) is 32.0 Å². The molecule has 1 aromatic carbocycles. The lowest BCUT2D eigenvalue weighted by Crippen LogP contribution is -2.31. The fourth-order valence-corrected chi connectivity index (χ4v) is 1.19. The summed E-state index contributed by atoms with van der Waals surface area (Å²) in [5.41, 5.74) is -0.282. The molecular weight excluding hydrogens is 164 g/mol. The Hall–Kier alpha value is -0.860. The zero-order valence-corrected chi connectivity index (χ0v) is 8.07. The van der Waals surface area contributed by atoms with Gasteiger partial charge < -0.3 is 10.2 Å². The van der Waals surface area contributed by atoms with Crippen LogP contribution in [0.5, 0.6) is 0 Å². The van der Waals surface area contributed by atoms with Crippen LogP contribution < -0.4 is 0 Å². The van der Waals surface area contributed by atoms with Gasteiger partial charge in [0, 0.05) is 0 Å². The Kier molecular flexibility index (Phi) is 3.07. The lowest BCUT2D eigenvalue weighted by atomic mass is 9.91. The lowest BCUT2D eigenvalue weighted by molar-refractivity contribution is -0.0658. The zero-order valence-electron chi connectivity index (χ0n) is 8.07. The maximum absolute atomic E-state index is 9.80. The summed E-state index contributed by atoms with van der Waals surface area (Å²) in [6, 6.07) is 9.22. The van der Waals surface area contributed by atoms with Crippen LogP contribution in [0.1, 0.15) is 31.9 Å². The molecule has 2 N–H and O–H groups in total. The van der Waals surface area contributed by atoms with E-state index in [1.165, 1.54) is 0 Å². The number of hydrogen-bond donors (Lipinski definition) is 2. The Morgan fingerprint density at radius 2 is 1.85 bits per heavy atom. The van der Waals surface area contributed by atoms with Gasteiger partial charge in [-0.3, -0.25) is 0 Å². The highest BCUT2D eigenvalue weighted by Gasteiger charge is 2.29. The van der Waals surface area contributed by atoms with Gasteiger partial charge in [0.05, 0.1) is 5.60 Å². The summed E-state index contributed by atoms with van der Waals surface area (Å²) in [6.07, 6.45) is -0.276. The molecule has 13 heavy (non-hydrogen) atoms. The van der Waals surface area contributed by atoms with Crippen molar-refractivity contribution in [3.05, 3.63) is 35.9 Å². The smallest absolute Gasteiger partial charge is 0.107 e. The highest BCUT2D eigenvalue weighted by molar-refractivity contribution is 5.19. The molecule has 2 heteroatoms. The minimum atomic E-state index is -1.04. The van der Waals surface area contributed by atoms with Gasteiger partial charge in [-0.1, -0.05) is 37.3 Å². The molecule has 0 saturated heterocycles. The molecule has 0 radical (unpaired) electrons. The van der Waals surface area contributed by atoms with E-state index in [1.807, 2.05) is 37.3 Å². The van der Waals surface area contributed by atoms with E-state index in [0.29, 0.717) is 6.42 Å². The molecular formula is C11H16O2. The third-order valence-corrected chi connectivity index (χ3v) is 2.42. The Bertz CT molecular complexity index is 254. The molecule has 0 fully saturated rings. The average Bonchev–Trinajstić information content (AvgIpc) is 2.18. The highest BCUT2D eigenvalue weighted by atomic mass is 16.3. The number of aliphatic hydroxyl groups excluding tert-OH is 1. The molecule has 0 bridgehead atoms. The van der Waals surface area contributed by atoms with Gasteiger partial charge >= 0.3 is 0 Å². The molecule has 0 aliphatic rings. The standard InChI is InChI=1S/C11H16O2/c1-3-11(2,13)10(12)9-7-5-4-6-8-9/h4-8,10,12-13H,3H2,1-2H3/t10-,11+/m1/s1. The van der Waals surface area contributed by atoms with E-state index in [4.69, 9.17) is 0 Å². The molecule has 1 rings (SSSR count). The summed E-state index contributed by atoms with van der Waals surface area (Å²) < 4.78 is 0. The monoisotopic (exact) mass is 180 g/mol. The molecule has 0 unspecified atom stereocenters. The van der Waals surface area contributed by atoms with Crippen LogP contribution >= 0.6 is 0 Å². The van der Waals surface area contributed by atoms with Crippen LogP contribution in [-0.2, 0) is 0 Å². The third kappa shape index (κ3) is 2.29. The van der Waals surface area contributed by atoms with E-state index >= 15 is 0 Å². The SMILES string of the molecule is CC[C@](C)(O)[C@H](O)c1ccccc1. The van der Waals surface area contributed by atoms with Crippen molar-refractivity contribution in [3.63, 3.8) is 0 Å². The van der Waals surface area contributed by atoms with Crippen LogP contribution in [0, 0.1) is 0 Å². The third-order valence-electron chi connectivity index (χ3n) is 2.42. The number of hydrogen-bond acceptors (Lipinski definition) is 2. The fourth-order valence-electron chi connectivity index (χ4n) is 1.19. The second-order valence-corrected chi connectivity index (χ2v) is 3.52. The predicted molar refractivity (Wildman–Crippen MR) is 52.3 cm³/mol. The molecule has 0 saturated carbocycles. The van der Waals surface area contributed by atoms with Gasteiger partial charge in [-0.15, -0.1) is 0 Å². The maximum Gasteiger partial charge on any atom is 0.107 e. The van der Waals surface area contributed by atoms with Crippen molar-refractivity contribution in [1.29, 1.82) is 0 Å². The predicted octanol–water partition coefficient (Wildman–Crippen LogP) is 1.88. The molecule has 0 amide bonds. The molecule has 2 nitrogen and oxygen atoms in total. The zero-order chi connectivity index (χ0) is 9.90. The minimum absolute atomic E-state index is 0.531. The molecule has 0 aliphatic heterocycles. The normalized spacial score (nSPS) is 17.8. The van der Waals surface area contributed by atoms with Crippen molar-refractivity contribution in [1.82, 2.24) is 0 Å². The summed E-state index contributed by atoms with van der Waals surface area (Å²) >= 11 is 0. The average molecular weight is 180 g/mol. The van der Waals surface area contributed by atoms with E-state index in [0.717, 1.165) is 5.56 Å². The fraction of sp³-hybridized carbons (Fsp3) is 0.455. The number of benzene rings is 1. The van der Waals surface area contributed by atoms with Crippen LogP contribution in [0.3, 0.4) is 0 Å². The molecule has 2 atom stereocenters. The van der Waals surface area contributed by atoms with Crippen molar-refractivity contribution in [2.75, 3.05) is 0 Å². The van der Waals surface area contributed by atoms with Crippen LogP contribution in [-0.4, -0.2) is 15.8 Å². The molecule has 0 heterocycles. The molecule has 1 aromatic rings. The van der Waals surface area contributed by atoms with Gasteiger partial charge in [0.25, 0.3) is 0 Å². The van der Waals surface area contributed by atoms with E-state index in [1.54, 1.807) is 6.92 Å². The summed E-state index contributed by atoms with van der Waals surface area (Å²) in [4.78, 5) is 0. The van der Waals surface area contributed by atoms with Gasteiger partial charge in [0.2, 0.25) is 0 Å². The number of aliphatic hydroxyl groups is 2. The van der Waals surface area contributed by atoms with Gasteiger partial charge in [0.1, 0.15) is 6.10 Å². The first kappa shape index (κ1) is 10.2. The number of rotatable bonds is 3. The van der Waals surface area contributed by atoms with Crippen molar-refractivity contribution in [2.24, 2.45) is 0 Å². The largest absolute Gasteiger partial charge is 0.387 e. The van der Waals surface area contributed by atoms with Crippen molar-refractivity contribution in [3.8, 4) is 0 Å². The quantitative estimate of drug-likeness (QED) is 0.745. The second-order valence-electron chi connectivity index (χ2n) is 3.52. The summed E-state index contributed by atoms with van der Waals surface area (Å²) in [5, 5.41) is 19.6. The van der Waals surface area contributed by atoms with Crippen molar-refractivity contribution < 1.29 is 10.2 Å². The van der Waals surface area contributed by atoms with E-state index < -0.39 is 11.7 Å². The highest BCUT2D eigenvalue weighted by Crippen LogP contribution is 2.27. The van der Waals surface area contributed by atoms with Crippen LogP contribution in [0.2, 0.25) is 0 Å². The first-order valence-corrected chi connectivity index (χ1v) is 4.53. The maximum atomic E-state index is 9.80. The molecule has 0 aromatic heterocycles. The van der Waals surface area contributed by atoms with Gasteiger partial charge in [-0.25, -0.2) is 0 Å². The van der Waals surface area contributed by atoms with Gasteiger partial charge in [0.15, 0.2) is 0 Å². The van der Waals surface area contributed by atoms with Crippen molar-refractivity contribution >= 4 is 0 Å². The first-order chi connectivity index (χ1) is 6.08. The Labute approximate surface area is 78.8 Å². The topological polar surface area (TPSA) is 40.5 Å². The van der Waals surface area contributed by atoms with Crippen LogP contribution in [0.15, 0.2) is 30.3 Å². The molecule has 0 aliphatic carbocycles. The van der Waals surface area contributed by atoms with E-state index in [9.17, 15) is 10.2 Å². The second kappa shape index (κ2) is 3.90. The molecule has 72 valence electrons. The van der Waals surface area contributed by atoms with Gasteiger partial charge in [-0.2, -0.15) is 0 Å². The van der Waals surface area contributed by atoms with E-state index in [2.05, 4.69) is 0 Å². The van der Waals surface area contributed by atoms with Crippen LogP contribution in [0.4, 0.5) is 0 Å². The Morgan fingerprint density at radius 1 is 1.31 bits per heavy atom. The summed E-state index contributed by atoms with van der Waals surface area (Å²) in [5.74, 6) is 0. The van der Waals surface area contributed by atoms with Crippen LogP contribution in [0.25, 0.3) is 0 Å². The summed E-state index contributed by atoms with van der Waals surface area (Å²) in [6.45, 7) is 3.50. The Balaban J connectivity index is 2.85. The lowest BCUT2D eigenvalue weighted by Gasteiger charge is -2.27. The van der Waals surface area contributed by atoms with E-state index in [-0.39, 0.29) is 0 Å². The summed E-state index contributed by atoms with van der Waals surface area (Å²) in [7, 11) is 0.